The quantitative estimate of drug-likeness (QED) is 0.736. The summed E-state index contributed by atoms with van der Waals surface area (Å²) in [4.78, 5) is 8.81. The lowest BCUT2D eigenvalue weighted by Gasteiger charge is -2.27. The van der Waals surface area contributed by atoms with E-state index >= 15 is 0 Å². The Kier molecular flexibility index (Phi) is 3.78. The van der Waals surface area contributed by atoms with Crippen molar-refractivity contribution in [2.75, 3.05) is 17.6 Å². The van der Waals surface area contributed by atoms with Gasteiger partial charge in [-0.25, -0.2) is 9.97 Å². The highest BCUT2D eigenvalue weighted by Crippen LogP contribution is 2.38. The molecular weight excluding hydrogens is 252 g/mol. The first kappa shape index (κ1) is 13.6. The van der Waals surface area contributed by atoms with Gasteiger partial charge in [0.05, 0.1) is 5.60 Å². The third kappa shape index (κ3) is 3.39. The van der Waals surface area contributed by atoms with Crippen LogP contribution in [0.3, 0.4) is 0 Å². The molecule has 1 aromatic heterocycles. The standard InChI is InChI=1S/C15H24N4O/c16-12-9-13(19-14(18-12)11-5-6-11)17-10-15(20)7-3-1-2-4-8-15/h9,11,20H,1-8,10H2,(H3,16,17,18,19). The second-order valence-corrected chi connectivity index (χ2v) is 6.30. The first-order valence-corrected chi connectivity index (χ1v) is 7.75. The fourth-order valence-corrected chi connectivity index (χ4v) is 2.92. The summed E-state index contributed by atoms with van der Waals surface area (Å²) in [5, 5.41) is 13.9. The third-order valence-corrected chi connectivity index (χ3v) is 4.34. The van der Waals surface area contributed by atoms with Crippen LogP contribution in [0.4, 0.5) is 11.6 Å². The normalized spacial score (nSPS) is 22.2. The lowest BCUT2D eigenvalue weighted by molar-refractivity contribution is 0.0380. The fraction of sp³-hybridized carbons (Fsp3) is 0.733. The Morgan fingerprint density at radius 2 is 1.90 bits per heavy atom. The minimum absolute atomic E-state index is 0.486. The van der Waals surface area contributed by atoms with Gasteiger partial charge in [0.15, 0.2) is 0 Å². The first-order chi connectivity index (χ1) is 9.65. The van der Waals surface area contributed by atoms with E-state index in [-0.39, 0.29) is 0 Å². The smallest absolute Gasteiger partial charge is 0.136 e. The van der Waals surface area contributed by atoms with Gasteiger partial charge in [0, 0.05) is 18.5 Å². The van der Waals surface area contributed by atoms with E-state index in [2.05, 4.69) is 15.3 Å². The number of rotatable bonds is 4. The van der Waals surface area contributed by atoms with Crippen LogP contribution < -0.4 is 11.1 Å². The summed E-state index contributed by atoms with van der Waals surface area (Å²) >= 11 is 0. The molecule has 5 nitrogen and oxygen atoms in total. The van der Waals surface area contributed by atoms with E-state index in [9.17, 15) is 5.11 Å². The molecule has 0 amide bonds. The van der Waals surface area contributed by atoms with Crippen LogP contribution in [0.1, 0.15) is 63.1 Å². The van der Waals surface area contributed by atoms with E-state index in [1.807, 2.05) is 0 Å². The number of nitrogen functional groups attached to an aromatic ring is 1. The van der Waals surface area contributed by atoms with Crippen LogP contribution in [0.15, 0.2) is 6.07 Å². The van der Waals surface area contributed by atoms with Gasteiger partial charge < -0.3 is 16.2 Å². The molecule has 2 fully saturated rings. The average Bonchev–Trinajstić information content (AvgIpc) is 3.24. The minimum Gasteiger partial charge on any atom is -0.388 e. The van der Waals surface area contributed by atoms with Crippen LogP contribution in [0.2, 0.25) is 0 Å². The molecule has 2 aliphatic rings. The Labute approximate surface area is 120 Å². The van der Waals surface area contributed by atoms with E-state index in [4.69, 9.17) is 5.73 Å². The van der Waals surface area contributed by atoms with Gasteiger partial charge in [0.2, 0.25) is 0 Å². The van der Waals surface area contributed by atoms with Gasteiger partial charge in [0.25, 0.3) is 0 Å². The molecule has 4 N–H and O–H groups in total. The van der Waals surface area contributed by atoms with Crippen molar-refractivity contribution >= 4 is 11.6 Å². The number of hydrogen-bond acceptors (Lipinski definition) is 5. The maximum atomic E-state index is 10.6. The number of anilines is 2. The zero-order chi connectivity index (χ0) is 14.0. The second kappa shape index (κ2) is 5.56. The zero-order valence-corrected chi connectivity index (χ0v) is 11.9. The fourth-order valence-electron chi connectivity index (χ4n) is 2.92. The predicted octanol–water partition coefficient (Wildman–Crippen LogP) is 2.43. The summed E-state index contributed by atoms with van der Waals surface area (Å²) < 4.78 is 0. The van der Waals surface area contributed by atoms with Gasteiger partial charge in [-0.1, -0.05) is 25.7 Å². The van der Waals surface area contributed by atoms with Gasteiger partial charge in [-0.05, 0) is 25.7 Å². The summed E-state index contributed by atoms with van der Waals surface area (Å²) in [6, 6.07) is 1.76. The highest BCUT2D eigenvalue weighted by atomic mass is 16.3. The van der Waals surface area contributed by atoms with Crippen molar-refractivity contribution in [2.24, 2.45) is 0 Å². The summed E-state index contributed by atoms with van der Waals surface area (Å²) in [7, 11) is 0. The van der Waals surface area contributed by atoms with Crippen LogP contribution in [0, 0.1) is 0 Å². The van der Waals surface area contributed by atoms with E-state index in [0.29, 0.717) is 18.3 Å². The van der Waals surface area contributed by atoms with E-state index in [1.54, 1.807) is 6.07 Å². The highest BCUT2D eigenvalue weighted by molar-refractivity contribution is 5.45. The predicted molar refractivity (Wildman–Crippen MR) is 79.6 cm³/mol. The molecule has 0 saturated heterocycles. The number of aromatic nitrogens is 2. The molecule has 110 valence electrons. The monoisotopic (exact) mass is 276 g/mol. The largest absolute Gasteiger partial charge is 0.388 e. The average molecular weight is 276 g/mol. The van der Waals surface area contributed by atoms with E-state index < -0.39 is 5.60 Å². The molecule has 20 heavy (non-hydrogen) atoms. The molecule has 0 bridgehead atoms. The van der Waals surface area contributed by atoms with Gasteiger partial charge in [-0.3, -0.25) is 0 Å². The van der Waals surface area contributed by atoms with Crippen LogP contribution >= 0.6 is 0 Å². The molecule has 0 atom stereocenters. The third-order valence-electron chi connectivity index (χ3n) is 4.34. The van der Waals surface area contributed by atoms with Crippen LogP contribution in [0.25, 0.3) is 0 Å². The molecule has 1 aromatic rings. The summed E-state index contributed by atoms with van der Waals surface area (Å²) in [6.07, 6.45) is 8.74. The SMILES string of the molecule is Nc1cc(NCC2(O)CCCCCC2)nc(C2CC2)n1. The van der Waals surface area contributed by atoms with Crippen molar-refractivity contribution in [3.05, 3.63) is 11.9 Å². The molecule has 0 aliphatic heterocycles. The van der Waals surface area contributed by atoms with Gasteiger partial charge in [-0.15, -0.1) is 0 Å². The number of nitrogens with one attached hydrogen (secondary N) is 1. The number of nitrogens with two attached hydrogens (primary N) is 1. The number of aliphatic hydroxyl groups is 1. The zero-order valence-electron chi connectivity index (χ0n) is 11.9. The van der Waals surface area contributed by atoms with Gasteiger partial charge in [-0.2, -0.15) is 0 Å². The molecule has 0 aromatic carbocycles. The van der Waals surface area contributed by atoms with Crippen molar-refractivity contribution in [3.63, 3.8) is 0 Å². The number of hydrogen-bond donors (Lipinski definition) is 3. The number of nitrogens with zero attached hydrogens (tertiary/aromatic N) is 2. The molecule has 0 radical (unpaired) electrons. The Hall–Kier alpha value is -1.36. The highest BCUT2D eigenvalue weighted by Gasteiger charge is 2.29. The Morgan fingerprint density at radius 3 is 2.55 bits per heavy atom. The Bertz CT molecular complexity index is 465. The van der Waals surface area contributed by atoms with Crippen molar-refractivity contribution in [2.45, 2.75) is 62.9 Å². The molecule has 5 heteroatoms. The Morgan fingerprint density at radius 1 is 1.20 bits per heavy atom. The summed E-state index contributed by atoms with van der Waals surface area (Å²) in [5.74, 6) is 2.59. The molecule has 0 unspecified atom stereocenters. The Balaban J connectivity index is 1.65. The molecule has 1 heterocycles. The van der Waals surface area contributed by atoms with Crippen LogP contribution in [-0.4, -0.2) is 27.2 Å². The summed E-state index contributed by atoms with van der Waals surface area (Å²) in [5.41, 5.74) is 5.24. The maximum Gasteiger partial charge on any atom is 0.136 e. The van der Waals surface area contributed by atoms with Gasteiger partial charge in [0.1, 0.15) is 17.5 Å². The molecule has 2 saturated carbocycles. The van der Waals surface area contributed by atoms with Crippen molar-refractivity contribution in [1.82, 2.24) is 9.97 Å². The van der Waals surface area contributed by atoms with Crippen LogP contribution in [-0.2, 0) is 0 Å². The first-order valence-electron chi connectivity index (χ1n) is 7.75. The van der Waals surface area contributed by atoms with Gasteiger partial charge >= 0.3 is 0 Å². The molecule has 2 aliphatic carbocycles. The van der Waals surface area contributed by atoms with Crippen LogP contribution in [0.5, 0.6) is 0 Å². The lowest BCUT2D eigenvalue weighted by Crippen LogP contribution is -2.36. The topological polar surface area (TPSA) is 84.1 Å². The lowest BCUT2D eigenvalue weighted by atomic mass is 9.94. The molecule has 0 spiro atoms. The molecule has 3 rings (SSSR count). The van der Waals surface area contributed by atoms with Crippen molar-refractivity contribution in [1.29, 1.82) is 0 Å². The van der Waals surface area contributed by atoms with E-state index in [0.717, 1.165) is 50.2 Å². The van der Waals surface area contributed by atoms with Crippen molar-refractivity contribution < 1.29 is 5.11 Å². The minimum atomic E-state index is -0.601. The summed E-state index contributed by atoms with van der Waals surface area (Å²) in [6.45, 7) is 0.549. The second-order valence-electron chi connectivity index (χ2n) is 6.30. The van der Waals surface area contributed by atoms with E-state index in [1.165, 1.54) is 12.8 Å². The maximum absolute atomic E-state index is 10.6. The molecular formula is C15H24N4O. The van der Waals surface area contributed by atoms with Crippen molar-refractivity contribution in [3.8, 4) is 0 Å².